The molecule has 2 aromatic rings. The summed E-state index contributed by atoms with van der Waals surface area (Å²) in [5.74, 6) is -0.170. The minimum atomic E-state index is -0.913. The molecule has 152 valence electrons. The van der Waals surface area contributed by atoms with Gasteiger partial charge < -0.3 is 15.4 Å². The number of benzene rings is 2. The number of ether oxygens (including phenoxy) is 1. The van der Waals surface area contributed by atoms with Crippen molar-refractivity contribution < 1.29 is 14.3 Å². The molecule has 3 aliphatic rings. The number of amides is 1. The van der Waals surface area contributed by atoms with Crippen LogP contribution in [0.25, 0.3) is 0 Å². The predicted octanol–water partition coefficient (Wildman–Crippen LogP) is 4.46. The van der Waals surface area contributed by atoms with Crippen molar-refractivity contribution in [2.45, 2.75) is 51.2 Å². The summed E-state index contributed by atoms with van der Waals surface area (Å²) in [7, 11) is 1.67. The lowest BCUT2D eigenvalue weighted by Crippen LogP contribution is -2.57. The molecule has 5 heteroatoms. The zero-order chi connectivity index (χ0) is 20.5. The molecule has 0 unspecified atom stereocenters. The fourth-order valence-corrected chi connectivity index (χ4v) is 4.67. The zero-order valence-electron chi connectivity index (χ0n) is 17.1. The van der Waals surface area contributed by atoms with Crippen molar-refractivity contribution in [2.75, 3.05) is 17.7 Å². The van der Waals surface area contributed by atoms with E-state index in [1.54, 1.807) is 7.11 Å². The van der Waals surface area contributed by atoms with Crippen molar-refractivity contribution in [3.8, 4) is 0 Å². The fraction of sp³-hybridized carbons (Fsp3) is 0.417. The van der Waals surface area contributed by atoms with Gasteiger partial charge in [-0.05, 0) is 55.9 Å². The van der Waals surface area contributed by atoms with Gasteiger partial charge in [-0.3, -0.25) is 9.59 Å². The second-order valence-electron chi connectivity index (χ2n) is 8.35. The Kier molecular flexibility index (Phi) is 5.17. The molecule has 1 amide bonds. The molecule has 5 rings (SSSR count). The maximum Gasteiger partial charge on any atom is 0.238 e. The number of ketones is 1. The van der Waals surface area contributed by atoms with E-state index in [-0.39, 0.29) is 17.3 Å². The van der Waals surface area contributed by atoms with E-state index in [4.69, 9.17) is 4.74 Å². The van der Waals surface area contributed by atoms with Gasteiger partial charge in [-0.2, -0.15) is 0 Å². The van der Waals surface area contributed by atoms with E-state index >= 15 is 0 Å². The van der Waals surface area contributed by atoms with E-state index in [0.29, 0.717) is 31.5 Å². The molecule has 5 nitrogen and oxygen atoms in total. The van der Waals surface area contributed by atoms with Gasteiger partial charge in [-0.1, -0.05) is 36.4 Å². The Morgan fingerprint density at radius 1 is 1.00 bits per heavy atom. The number of hydrogen-bond acceptors (Lipinski definition) is 4. The molecule has 3 aliphatic carbocycles. The van der Waals surface area contributed by atoms with Crippen LogP contribution in [0, 0.1) is 12.3 Å². The normalized spacial score (nSPS) is 25.7. The van der Waals surface area contributed by atoms with Crippen LogP contribution >= 0.6 is 0 Å². The first-order valence-electron chi connectivity index (χ1n) is 10.3. The molecule has 0 atom stereocenters. The van der Waals surface area contributed by atoms with E-state index in [1.165, 1.54) is 11.1 Å². The quantitative estimate of drug-likeness (QED) is 0.712. The van der Waals surface area contributed by atoms with Crippen LogP contribution in [0.15, 0.2) is 48.5 Å². The molecule has 3 saturated carbocycles. The van der Waals surface area contributed by atoms with Gasteiger partial charge in [0.15, 0.2) is 5.78 Å². The van der Waals surface area contributed by atoms with Gasteiger partial charge >= 0.3 is 0 Å². The number of carbonyl (C=O) groups is 2. The Morgan fingerprint density at radius 2 is 1.66 bits per heavy atom. The molecule has 2 bridgehead atoms. The van der Waals surface area contributed by atoms with Gasteiger partial charge in [0.1, 0.15) is 5.41 Å². The van der Waals surface area contributed by atoms with Crippen LogP contribution < -0.4 is 10.6 Å². The minimum Gasteiger partial charge on any atom is -0.379 e. The lowest BCUT2D eigenvalue weighted by molar-refractivity contribution is -0.164. The molecule has 29 heavy (non-hydrogen) atoms. The standard InChI is InChI=1S/C24H28N2O3/c1-17-7-3-4-8-18(17)16-25-19-9-5-6-10-20(19)26-22(28)24-13-11-23(29-2,12-14-24)15-21(24)27/h3-10,25H,11-16H2,1-2H3,(H,26,28). The monoisotopic (exact) mass is 392 g/mol. The molecule has 0 radical (unpaired) electrons. The summed E-state index contributed by atoms with van der Waals surface area (Å²) in [5.41, 5.74) is 2.72. The van der Waals surface area contributed by atoms with E-state index in [2.05, 4.69) is 29.7 Å². The van der Waals surface area contributed by atoms with Crippen molar-refractivity contribution in [1.82, 2.24) is 0 Å². The number of nitrogens with one attached hydrogen (secondary N) is 2. The van der Waals surface area contributed by atoms with Crippen molar-refractivity contribution in [3.63, 3.8) is 0 Å². The summed E-state index contributed by atoms with van der Waals surface area (Å²) < 4.78 is 5.62. The molecule has 0 spiro atoms. The average molecular weight is 392 g/mol. The predicted molar refractivity (Wildman–Crippen MR) is 114 cm³/mol. The third kappa shape index (κ3) is 3.55. The molecule has 0 heterocycles. The number of anilines is 2. The molecule has 2 aromatic carbocycles. The van der Waals surface area contributed by atoms with Crippen molar-refractivity contribution in [3.05, 3.63) is 59.7 Å². The van der Waals surface area contributed by atoms with E-state index in [1.807, 2.05) is 36.4 Å². The second-order valence-corrected chi connectivity index (χ2v) is 8.35. The number of hydrogen-bond donors (Lipinski definition) is 2. The Balaban J connectivity index is 1.50. The van der Waals surface area contributed by atoms with Gasteiger partial charge in [0.2, 0.25) is 5.91 Å². The molecule has 3 fully saturated rings. The lowest BCUT2D eigenvalue weighted by Gasteiger charge is -2.50. The number of fused-ring (bicyclic) bond motifs is 3. The fourth-order valence-electron chi connectivity index (χ4n) is 4.67. The highest BCUT2D eigenvalue weighted by Crippen LogP contribution is 2.52. The van der Waals surface area contributed by atoms with Crippen LogP contribution in [0.3, 0.4) is 0 Å². The van der Waals surface area contributed by atoms with E-state index in [0.717, 1.165) is 18.5 Å². The third-order valence-electron chi connectivity index (χ3n) is 6.80. The summed E-state index contributed by atoms with van der Waals surface area (Å²) in [6.45, 7) is 2.75. The van der Waals surface area contributed by atoms with Gasteiger partial charge in [0, 0.05) is 20.1 Å². The Hall–Kier alpha value is -2.66. The van der Waals surface area contributed by atoms with Crippen LogP contribution in [0.5, 0.6) is 0 Å². The van der Waals surface area contributed by atoms with Crippen molar-refractivity contribution in [2.24, 2.45) is 5.41 Å². The first-order valence-corrected chi connectivity index (χ1v) is 10.3. The maximum atomic E-state index is 13.2. The van der Waals surface area contributed by atoms with Gasteiger partial charge in [-0.25, -0.2) is 0 Å². The van der Waals surface area contributed by atoms with Gasteiger partial charge in [0.25, 0.3) is 0 Å². The summed E-state index contributed by atoms with van der Waals surface area (Å²) >= 11 is 0. The van der Waals surface area contributed by atoms with Crippen LogP contribution in [0.1, 0.15) is 43.2 Å². The Morgan fingerprint density at radius 3 is 2.31 bits per heavy atom. The van der Waals surface area contributed by atoms with Gasteiger partial charge in [-0.15, -0.1) is 0 Å². The number of carbonyl (C=O) groups excluding carboxylic acids is 2. The molecular weight excluding hydrogens is 364 g/mol. The molecule has 2 N–H and O–H groups in total. The molecular formula is C24H28N2O3. The van der Waals surface area contributed by atoms with Crippen molar-refractivity contribution in [1.29, 1.82) is 0 Å². The minimum absolute atomic E-state index is 0.0136. The number of aryl methyl sites for hydroxylation is 1. The van der Waals surface area contributed by atoms with Crippen LogP contribution in [-0.4, -0.2) is 24.4 Å². The molecule has 0 aromatic heterocycles. The molecule has 0 saturated heterocycles. The highest BCUT2D eigenvalue weighted by molar-refractivity contribution is 6.13. The van der Waals surface area contributed by atoms with E-state index < -0.39 is 5.41 Å². The van der Waals surface area contributed by atoms with Gasteiger partial charge in [0.05, 0.1) is 17.0 Å². The van der Waals surface area contributed by atoms with Crippen LogP contribution in [-0.2, 0) is 20.9 Å². The SMILES string of the molecule is COC12CCC(C(=O)Nc3ccccc3NCc3ccccc3C)(CC1)C(=O)C2. The van der Waals surface area contributed by atoms with Crippen molar-refractivity contribution >= 4 is 23.1 Å². The third-order valence-corrected chi connectivity index (χ3v) is 6.80. The highest BCUT2D eigenvalue weighted by Gasteiger charge is 2.58. The first kappa shape index (κ1) is 19.6. The topological polar surface area (TPSA) is 67.4 Å². The lowest BCUT2D eigenvalue weighted by atomic mass is 9.57. The van der Waals surface area contributed by atoms with Crippen LogP contribution in [0.2, 0.25) is 0 Å². The number of methoxy groups -OCH3 is 1. The Bertz CT molecular complexity index is 929. The maximum absolute atomic E-state index is 13.2. The van der Waals surface area contributed by atoms with Crippen LogP contribution in [0.4, 0.5) is 11.4 Å². The summed E-state index contributed by atoms with van der Waals surface area (Å²) in [5, 5.41) is 6.47. The highest BCUT2D eigenvalue weighted by atomic mass is 16.5. The number of rotatable bonds is 6. The number of Topliss-reactive ketones (excluding diaryl/α,β-unsaturated/α-hetero) is 1. The second kappa shape index (κ2) is 7.64. The Labute approximate surface area is 171 Å². The zero-order valence-corrected chi connectivity index (χ0v) is 17.1. The first-order chi connectivity index (χ1) is 14.0. The number of para-hydroxylation sites is 2. The average Bonchev–Trinajstić information content (AvgIpc) is 2.75. The molecule has 0 aliphatic heterocycles. The smallest absolute Gasteiger partial charge is 0.238 e. The largest absolute Gasteiger partial charge is 0.379 e. The summed E-state index contributed by atoms with van der Waals surface area (Å²) in [4.78, 5) is 26.1. The van der Waals surface area contributed by atoms with E-state index in [9.17, 15) is 9.59 Å². The summed E-state index contributed by atoms with van der Waals surface area (Å²) in [6.07, 6.45) is 2.98. The summed E-state index contributed by atoms with van der Waals surface area (Å²) in [6, 6.07) is 15.9.